The van der Waals surface area contributed by atoms with Gasteiger partial charge < -0.3 is 10.2 Å². The van der Waals surface area contributed by atoms with Gasteiger partial charge in [-0.15, -0.1) is 0 Å². The molecule has 0 spiro atoms. The van der Waals surface area contributed by atoms with Gasteiger partial charge in [0.15, 0.2) is 0 Å². The molecule has 0 aromatic carbocycles. The van der Waals surface area contributed by atoms with Gasteiger partial charge in [0, 0.05) is 13.6 Å². The van der Waals surface area contributed by atoms with Crippen molar-refractivity contribution in [3.8, 4) is 0 Å². The highest BCUT2D eigenvalue weighted by molar-refractivity contribution is 5.66. The van der Waals surface area contributed by atoms with Crippen LogP contribution in [0.5, 0.6) is 0 Å². The smallest absolute Gasteiger partial charge is 0.354 e. The van der Waals surface area contributed by atoms with Gasteiger partial charge in [0.05, 0.1) is 0 Å². The fourth-order valence-corrected chi connectivity index (χ4v) is 0.273. The predicted molar refractivity (Wildman–Crippen MR) is 29.2 cm³/mol. The number of carbonyl (C=O) groups excluding carboxylic acids is 1. The summed E-state index contributed by atoms with van der Waals surface area (Å²) in [5.41, 5.74) is 2.24. The summed E-state index contributed by atoms with van der Waals surface area (Å²) in [6.45, 7) is 2.40. The van der Waals surface area contributed by atoms with Crippen molar-refractivity contribution in [2.24, 2.45) is 0 Å². The summed E-state index contributed by atoms with van der Waals surface area (Å²) < 4.78 is 0. The van der Waals surface area contributed by atoms with E-state index >= 15 is 0 Å². The summed E-state index contributed by atoms with van der Waals surface area (Å²) in [6, 6.07) is 0. The van der Waals surface area contributed by atoms with Gasteiger partial charge >= 0.3 is 6.09 Å². The van der Waals surface area contributed by atoms with Crippen LogP contribution in [0.15, 0.2) is 0 Å². The van der Waals surface area contributed by atoms with Crippen LogP contribution in [0, 0.1) is 0 Å². The number of nitrogens with one attached hydrogen (secondary N) is 2. The van der Waals surface area contributed by atoms with Crippen LogP contribution >= 0.6 is 0 Å². The van der Waals surface area contributed by atoms with E-state index in [9.17, 15) is 4.79 Å². The van der Waals surface area contributed by atoms with Crippen molar-refractivity contribution in [1.29, 1.82) is 0 Å². The first-order valence-corrected chi connectivity index (χ1v) is 2.42. The zero-order valence-corrected chi connectivity index (χ0v) is 5.02. The van der Waals surface area contributed by atoms with Crippen molar-refractivity contribution < 1.29 is 9.63 Å². The van der Waals surface area contributed by atoms with Crippen molar-refractivity contribution in [1.82, 2.24) is 10.8 Å². The third kappa shape index (κ3) is 3.42. The van der Waals surface area contributed by atoms with Gasteiger partial charge in [0.2, 0.25) is 0 Å². The van der Waals surface area contributed by atoms with Crippen LogP contribution in [0.1, 0.15) is 6.92 Å². The topological polar surface area (TPSA) is 50.4 Å². The molecule has 0 aliphatic carbocycles. The lowest BCUT2D eigenvalue weighted by molar-refractivity contribution is 0.103. The average Bonchev–Trinajstić information content (AvgIpc) is 1.68. The molecule has 1 amide bonds. The van der Waals surface area contributed by atoms with Crippen molar-refractivity contribution in [3.05, 3.63) is 0 Å². The van der Waals surface area contributed by atoms with Gasteiger partial charge in [-0.05, 0) is 6.92 Å². The number of amides is 1. The molecule has 0 saturated carbocycles. The minimum Gasteiger partial charge on any atom is -0.354 e. The highest BCUT2D eigenvalue weighted by Gasteiger charge is 1.93. The molecular weight excluding hydrogens is 108 g/mol. The molecule has 0 aliphatic rings. The summed E-state index contributed by atoms with van der Waals surface area (Å²) in [5, 5.41) is 2.42. The van der Waals surface area contributed by atoms with Gasteiger partial charge in [0.1, 0.15) is 0 Å². The second-order valence-corrected chi connectivity index (χ2v) is 1.12. The summed E-state index contributed by atoms with van der Waals surface area (Å²) in [5.74, 6) is 0. The standard InChI is InChI=1S/C4H10N2O2/c1-3-6-4(7)8-5-2/h5H,3H2,1-2H3,(H,6,7). The fraction of sp³-hybridized carbons (Fsp3) is 0.750. The highest BCUT2D eigenvalue weighted by atomic mass is 16.7. The van der Waals surface area contributed by atoms with Gasteiger partial charge in [0.25, 0.3) is 0 Å². The summed E-state index contributed by atoms with van der Waals surface area (Å²) in [7, 11) is 1.52. The second-order valence-electron chi connectivity index (χ2n) is 1.12. The number of carbonyl (C=O) groups is 1. The van der Waals surface area contributed by atoms with Crippen LogP contribution in [0.4, 0.5) is 4.79 Å². The van der Waals surface area contributed by atoms with Gasteiger partial charge in [-0.2, -0.15) is 5.48 Å². The van der Waals surface area contributed by atoms with Gasteiger partial charge in [-0.3, -0.25) is 0 Å². The summed E-state index contributed by atoms with van der Waals surface area (Å²) in [6.07, 6.45) is -0.449. The maximum Gasteiger partial charge on any atom is 0.426 e. The lowest BCUT2D eigenvalue weighted by atomic mass is 10.8. The number of hydrogen-bond donors (Lipinski definition) is 2. The van der Waals surface area contributed by atoms with Crippen LogP contribution in [-0.2, 0) is 4.84 Å². The predicted octanol–water partition coefficient (Wildman–Crippen LogP) is -0.133. The molecule has 8 heavy (non-hydrogen) atoms. The van der Waals surface area contributed by atoms with Gasteiger partial charge in [-0.1, -0.05) is 0 Å². The van der Waals surface area contributed by atoms with Crippen LogP contribution in [0.3, 0.4) is 0 Å². The average molecular weight is 118 g/mol. The van der Waals surface area contributed by atoms with Crippen LogP contribution in [0.2, 0.25) is 0 Å². The lowest BCUT2D eigenvalue weighted by Gasteiger charge is -1.99. The number of rotatable bonds is 2. The van der Waals surface area contributed by atoms with Crippen molar-refractivity contribution in [2.75, 3.05) is 13.6 Å². The van der Waals surface area contributed by atoms with E-state index in [2.05, 4.69) is 15.6 Å². The molecule has 0 bridgehead atoms. The highest BCUT2D eigenvalue weighted by Crippen LogP contribution is 1.66. The van der Waals surface area contributed by atoms with E-state index < -0.39 is 6.09 Å². The van der Waals surface area contributed by atoms with E-state index in [1.54, 1.807) is 0 Å². The molecule has 4 heteroatoms. The Morgan fingerprint density at radius 2 is 2.38 bits per heavy atom. The molecule has 2 N–H and O–H groups in total. The first-order valence-electron chi connectivity index (χ1n) is 2.42. The molecule has 0 aliphatic heterocycles. The third-order valence-corrected chi connectivity index (χ3v) is 0.516. The molecule has 0 unspecified atom stereocenters. The second kappa shape index (κ2) is 4.39. The van der Waals surface area contributed by atoms with Crippen molar-refractivity contribution >= 4 is 6.09 Å². The van der Waals surface area contributed by atoms with E-state index in [1.165, 1.54) is 7.05 Å². The number of hydrogen-bond acceptors (Lipinski definition) is 3. The van der Waals surface area contributed by atoms with Crippen molar-refractivity contribution in [3.63, 3.8) is 0 Å². The Morgan fingerprint density at radius 1 is 1.75 bits per heavy atom. The maximum absolute atomic E-state index is 10.2. The molecule has 4 nitrogen and oxygen atoms in total. The Labute approximate surface area is 48.2 Å². The minimum atomic E-state index is -0.449. The molecule has 48 valence electrons. The summed E-state index contributed by atoms with van der Waals surface area (Å²) >= 11 is 0. The first-order chi connectivity index (χ1) is 3.81. The van der Waals surface area contributed by atoms with E-state index in [0.29, 0.717) is 6.54 Å². The summed E-state index contributed by atoms with van der Waals surface area (Å²) in [4.78, 5) is 14.5. The first kappa shape index (κ1) is 7.23. The zero-order chi connectivity index (χ0) is 6.41. The third-order valence-electron chi connectivity index (χ3n) is 0.516. The Hall–Kier alpha value is -0.770. The van der Waals surface area contributed by atoms with Crippen LogP contribution in [-0.4, -0.2) is 19.7 Å². The zero-order valence-electron chi connectivity index (χ0n) is 5.02. The van der Waals surface area contributed by atoms with E-state index in [4.69, 9.17) is 0 Å². The molecule has 0 rings (SSSR count). The number of hydroxylamine groups is 1. The molecule has 0 saturated heterocycles. The molecule has 0 fully saturated rings. The fourth-order valence-electron chi connectivity index (χ4n) is 0.273. The molecule has 0 heterocycles. The largest absolute Gasteiger partial charge is 0.426 e. The molecule has 0 aromatic rings. The lowest BCUT2D eigenvalue weighted by Crippen LogP contribution is -2.27. The SMILES string of the molecule is CCNC(=O)ONC. The van der Waals surface area contributed by atoms with E-state index in [-0.39, 0.29) is 0 Å². The minimum absolute atomic E-state index is 0.449. The Balaban J connectivity index is 3.06. The van der Waals surface area contributed by atoms with Crippen molar-refractivity contribution in [2.45, 2.75) is 6.92 Å². The molecule has 0 aromatic heterocycles. The molecular formula is C4H10N2O2. The monoisotopic (exact) mass is 118 g/mol. The quantitative estimate of drug-likeness (QED) is 0.496. The van der Waals surface area contributed by atoms with Crippen LogP contribution in [0.25, 0.3) is 0 Å². The molecule has 0 atom stereocenters. The Morgan fingerprint density at radius 3 is 2.75 bits per heavy atom. The normalized spacial score (nSPS) is 8.25. The van der Waals surface area contributed by atoms with E-state index in [1.807, 2.05) is 6.92 Å². The Bertz CT molecular complexity index is 66.4. The van der Waals surface area contributed by atoms with Crippen LogP contribution < -0.4 is 10.8 Å². The van der Waals surface area contributed by atoms with E-state index in [0.717, 1.165) is 0 Å². The molecule has 0 radical (unpaired) electrons. The Kier molecular flexibility index (Phi) is 3.97. The van der Waals surface area contributed by atoms with Gasteiger partial charge in [-0.25, -0.2) is 4.79 Å². The maximum atomic E-state index is 10.2.